The van der Waals surface area contributed by atoms with E-state index in [0.29, 0.717) is 25.1 Å². The van der Waals surface area contributed by atoms with Crippen LogP contribution in [0.4, 0.5) is 8.78 Å². The minimum absolute atomic E-state index is 0.0596. The second-order valence-electron chi connectivity index (χ2n) is 11.0. The van der Waals surface area contributed by atoms with Crippen molar-refractivity contribution in [2.24, 2.45) is 0 Å². The smallest absolute Gasteiger partial charge is 0.248 e. The van der Waals surface area contributed by atoms with Crippen LogP contribution in [0.3, 0.4) is 0 Å². The van der Waals surface area contributed by atoms with E-state index in [2.05, 4.69) is 5.32 Å². The Hall–Kier alpha value is -4.63. The van der Waals surface area contributed by atoms with E-state index in [4.69, 9.17) is 4.74 Å². The predicted molar refractivity (Wildman–Crippen MR) is 170 cm³/mol. The largest absolute Gasteiger partial charge is 0.372 e. The third-order valence-corrected chi connectivity index (χ3v) is 7.91. The Balaban J connectivity index is 1.62. The van der Waals surface area contributed by atoms with Gasteiger partial charge in [-0.3, -0.25) is 14.4 Å². The second-order valence-corrected chi connectivity index (χ2v) is 11.0. The Morgan fingerprint density at radius 3 is 2.09 bits per heavy atom. The molecule has 0 unspecified atom stereocenters. The molecule has 0 bridgehead atoms. The Labute approximate surface area is 262 Å². The Bertz CT molecular complexity index is 1610. The van der Waals surface area contributed by atoms with Gasteiger partial charge in [0.05, 0.1) is 0 Å². The predicted octanol–water partition coefficient (Wildman–Crippen LogP) is 4.95. The van der Waals surface area contributed by atoms with E-state index in [1.165, 1.54) is 22.9 Å². The standard InChI is InChI=1S/C36H39F2N3O4/c1-4-45-24-34(42)40(2)33(23-26-14-16-28-12-8-9-13-29(28)20-26)36(44)41(3)32(22-27-15-17-30(37)31(38)21-27)35(43)39-19-18-25-10-6-5-7-11-25/h5-17,20-21,32-33H,4,18-19,22-24H2,1-3H3,(H,39,43)/t32-,33-/m1/s1. The lowest BCUT2D eigenvalue weighted by atomic mass is 9.98. The van der Waals surface area contributed by atoms with Gasteiger partial charge in [-0.15, -0.1) is 0 Å². The van der Waals surface area contributed by atoms with Crippen LogP contribution in [-0.4, -0.2) is 73.5 Å². The van der Waals surface area contributed by atoms with Crippen LogP contribution in [0.25, 0.3) is 10.8 Å². The van der Waals surface area contributed by atoms with Crippen molar-refractivity contribution in [3.05, 3.63) is 119 Å². The number of likely N-dealkylation sites (N-methyl/N-ethyl adjacent to an activating group) is 2. The molecular formula is C36H39F2N3O4. The summed E-state index contributed by atoms with van der Waals surface area (Å²) in [6.07, 6.45) is 0.702. The number of amides is 3. The molecule has 0 fully saturated rings. The summed E-state index contributed by atoms with van der Waals surface area (Å²) >= 11 is 0. The zero-order chi connectivity index (χ0) is 32.3. The average molecular weight is 616 g/mol. The van der Waals surface area contributed by atoms with Gasteiger partial charge in [-0.05, 0) is 52.9 Å². The number of hydrogen-bond acceptors (Lipinski definition) is 4. The molecule has 0 spiro atoms. The molecule has 3 amide bonds. The van der Waals surface area contributed by atoms with Gasteiger partial charge in [0.15, 0.2) is 11.6 Å². The normalized spacial score (nSPS) is 12.4. The topological polar surface area (TPSA) is 79.0 Å². The molecule has 2 atom stereocenters. The third kappa shape index (κ3) is 8.95. The SMILES string of the molecule is CCOCC(=O)N(C)[C@H](Cc1ccc2ccccc2c1)C(=O)N(C)[C@H](Cc1ccc(F)c(F)c1)C(=O)NCCc1ccccc1. The van der Waals surface area contributed by atoms with Gasteiger partial charge in [0, 0.05) is 40.1 Å². The molecule has 0 aliphatic carbocycles. The Morgan fingerprint density at radius 1 is 0.733 bits per heavy atom. The molecule has 4 aromatic rings. The monoisotopic (exact) mass is 615 g/mol. The van der Waals surface area contributed by atoms with Gasteiger partial charge in [0.1, 0.15) is 18.7 Å². The number of benzene rings is 4. The zero-order valence-electron chi connectivity index (χ0n) is 25.8. The first-order valence-corrected chi connectivity index (χ1v) is 15.0. The molecule has 236 valence electrons. The van der Waals surface area contributed by atoms with Gasteiger partial charge in [-0.2, -0.15) is 0 Å². The van der Waals surface area contributed by atoms with Gasteiger partial charge < -0.3 is 19.9 Å². The summed E-state index contributed by atoms with van der Waals surface area (Å²) in [4.78, 5) is 43.6. The van der Waals surface area contributed by atoms with Gasteiger partial charge in [-0.1, -0.05) is 78.9 Å². The van der Waals surface area contributed by atoms with Gasteiger partial charge in [-0.25, -0.2) is 8.78 Å². The molecule has 45 heavy (non-hydrogen) atoms. The molecule has 4 aromatic carbocycles. The fraction of sp³-hybridized carbons (Fsp3) is 0.306. The minimum atomic E-state index is -1.06. The highest BCUT2D eigenvalue weighted by molar-refractivity contribution is 5.92. The van der Waals surface area contributed by atoms with Crippen molar-refractivity contribution < 1.29 is 27.9 Å². The summed E-state index contributed by atoms with van der Waals surface area (Å²) in [6.45, 7) is 2.23. The van der Waals surface area contributed by atoms with Gasteiger partial charge in [0.25, 0.3) is 0 Å². The van der Waals surface area contributed by atoms with E-state index in [-0.39, 0.29) is 25.4 Å². The molecule has 0 aliphatic heterocycles. The molecule has 0 saturated carbocycles. The summed E-state index contributed by atoms with van der Waals surface area (Å²) in [5.41, 5.74) is 2.22. The first kappa shape index (κ1) is 33.3. The van der Waals surface area contributed by atoms with E-state index < -0.39 is 35.5 Å². The van der Waals surface area contributed by atoms with E-state index in [0.717, 1.165) is 34.0 Å². The summed E-state index contributed by atoms with van der Waals surface area (Å²) in [6, 6.07) is 24.7. The van der Waals surface area contributed by atoms with Crippen molar-refractivity contribution in [2.45, 2.75) is 38.3 Å². The number of halogens is 2. The van der Waals surface area contributed by atoms with Crippen molar-refractivity contribution in [3.8, 4) is 0 Å². The first-order valence-electron chi connectivity index (χ1n) is 15.0. The number of carbonyl (C=O) groups excluding carboxylic acids is 3. The van der Waals surface area contributed by atoms with Crippen LogP contribution >= 0.6 is 0 Å². The maximum atomic E-state index is 14.3. The number of fused-ring (bicyclic) bond motifs is 1. The lowest BCUT2D eigenvalue weighted by molar-refractivity contribution is -0.149. The summed E-state index contributed by atoms with van der Waals surface area (Å²) in [5, 5.41) is 4.94. The summed E-state index contributed by atoms with van der Waals surface area (Å²) in [5.74, 6) is -3.34. The zero-order valence-corrected chi connectivity index (χ0v) is 25.8. The quantitative estimate of drug-likeness (QED) is 0.218. The maximum Gasteiger partial charge on any atom is 0.248 e. The molecule has 0 aromatic heterocycles. The molecule has 1 N–H and O–H groups in total. The molecule has 4 rings (SSSR count). The van der Waals surface area contributed by atoms with Crippen molar-refractivity contribution in [1.29, 1.82) is 0 Å². The average Bonchev–Trinajstić information content (AvgIpc) is 3.06. The molecule has 0 aliphatic rings. The van der Waals surface area contributed by atoms with E-state index in [1.54, 1.807) is 14.0 Å². The molecule has 0 radical (unpaired) electrons. The van der Waals surface area contributed by atoms with Gasteiger partial charge >= 0.3 is 0 Å². The minimum Gasteiger partial charge on any atom is -0.372 e. The second kappa shape index (κ2) is 15.9. The van der Waals surface area contributed by atoms with Crippen LogP contribution < -0.4 is 5.32 Å². The number of ether oxygens (including phenoxy) is 1. The van der Waals surface area contributed by atoms with Crippen molar-refractivity contribution >= 4 is 28.5 Å². The molecule has 7 nitrogen and oxygen atoms in total. The lowest BCUT2D eigenvalue weighted by Crippen LogP contribution is -2.56. The highest BCUT2D eigenvalue weighted by Crippen LogP contribution is 2.20. The van der Waals surface area contributed by atoms with Crippen LogP contribution in [0.5, 0.6) is 0 Å². The molecule has 9 heteroatoms. The fourth-order valence-electron chi connectivity index (χ4n) is 5.22. The fourth-order valence-corrected chi connectivity index (χ4v) is 5.22. The number of nitrogens with zero attached hydrogens (tertiary/aromatic N) is 2. The first-order chi connectivity index (χ1) is 21.7. The van der Waals surface area contributed by atoms with E-state index in [1.807, 2.05) is 72.8 Å². The number of hydrogen-bond donors (Lipinski definition) is 1. The van der Waals surface area contributed by atoms with Crippen molar-refractivity contribution in [3.63, 3.8) is 0 Å². The van der Waals surface area contributed by atoms with Crippen LogP contribution in [-0.2, 0) is 38.4 Å². The van der Waals surface area contributed by atoms with Crippen LogP contribution in [0.1, 0.15) is 23.6 Å². The van der Waals surface area contributed by atoms with Crippen LogP contribution in [0.2, 0.25) is 0 Å². The molecule has 0 saturated heterocycles. The summed E-state index contributed by atoms with van der Waals surface area (Å²) < 4.78 is 33.2. The highest BCUT2D eigenvalue weighted by atomic mass is 19.2. The van der Waals surface area contributed by atoms with E-state index in [9.17, 15) is 23.2 Å². The van der Waals surface area contributed by atoms with E-state index >= 15 is 0 Å². The van der Waals surface area contributed by atoms with Gasteiger partial charge in [0.2, 0.25) is 17.7 Å². The molecule has 0 heterocycles. The number of rotatable bonds is 14. The third-order valence-electron chi connectivity index (χ3n) is 7.91. The maximum absolute atomic E-state index is 14.3. The highest BCUT2D eigenvalue weighted by Gasteiger charge is 2.35. The number of nitrogens with one attached hydrogen (secondary N) is 1. The lowest BCUT2D eigenvalue weighted by Gasteiger charge is -2.34. The Kier molecular flexibility index (Phi) is 11.8. The molecular weight excluding hydrogens is 576 g/mol. The summed E-state index contributed by atoms with van der Waals surface area (Å²) in [7, 11) is 3.04. The van der Waals surface area contributed by atoms with Crippen LogP contribution in [0.15, 0.2) is 91.0 Å². The number of carbonyl (C=O) groups is 3. The Morgan fingerprint density at radius 2 is 1.38 bits per heavy atom. The van der Waals surface area contributed by atoms with Crippen molar-refractivity contribution in [2.75, 3.05) is 33.9 Å². The van der Waals surface area contributed by atoms with Crippen LogP contribution in [0, 0.1) is 11.6 Å². The van der Waals surface area contributed by atoms with Crippen molar-refractivity contribution in [1.82, 2.24) is 15.1 Å².